The first-order valence-electron chi connectivity index (χ1n) is 5.11. The molecule has 0 aliphatic carbocycles. The second-order valence-corrected chi connectivity index (χ2v) is 5.86. The highest BCUT2D eigenvalue weighted by Crippen LogP contribution is 2.20. The number of hydrogen-bond donors (Lipinski definition) is 1. The Morgan fingerprint density at radius 3 is 2.80 bits per heavy atom. The summed E-state index contributed by atoms with van der Waals surface area (Å²) in [4.78, 5) is 0. The highest BCUT2D eigenvalue weighted by molar-refractivity contribution is 7.89. The van der Waals surface area contributed by atoms with Crippen LogP contribution in [0.15, 0.2) is 0 Å². The van der Waals surface area contributed by atoms with Gasteiger partial charge in [0.25, 0.3) is 0 Å². The van der Waals surface area contributed by atoms with Gasteiger partial charge in [0.2, 0.25) is 10.0 Å². The van der Waals surface area contributed by atoms with Crippen molar-refractivity contribution in [1.29, 1.82) is 5.26 Å². The highest BCUT2D eigenvalue weighted by atomic mass is 32.2. The SMILES string of the molecule is CCC1CN(S(=O)(=O)CC#N)CCC1N. The summed E-state index contributed by atoms with van der Waals surface area (Å²) in [5, 5.41) is 8.43. The molecule has 2 atom stereocenters. The molecule has 1 rings (SSSR count). The van der Waals surface area contributed by atoms with Gasteiger partial charge in [0.15, 0.2) is 5.75 Å². The van der Waals surface area contributed by atoms with E-state index in [0.717, 1.165) is 6.42 Å². The minimum atomic E-state index is -3.38. The summed E-state index contributed by atoms with van der Waals surface area (Å²) in [6.07, 6.45) is 1.56. The Hall–Kier alpha value is -0.640. The molecule has 2 N–H and O–H groups in total. The van der Waals surface area contributed by atoms with Crippen LogP contribution < -0.4 is 5.73 Å². The predicted octanol–water partition coefficient (Wildman–Crippen LogP) is -0.101. The van der Waals surface area contributed by atoms with Crippen molar-refractivity contribution in [2.45, 2.75) is 25.8 Å². The Morgan fingerprint density at radius 2 is 2.27 bits per heavy atom. The average molecular weight is 231 g/mol. The standard InChI is InChI=1S/C9H17N3O2S/c1-2-8-7-12(5-3-9(8)11)15(13,14)6-4-10/h8-9H,2-3,5-7,11H2,1H3. The van der Waals surface area contributed by atoms with Gasteiger partial charge < -0.3 is 5.73 Å². The maximum atomic E-state index is 11.6. The molecule has 0 aromatic heterocycles. The minimum absolute atomic E-state index is 0.0866. The molecule has 1 aliphatic rings. The molecule has 0 radical (unpaired) electrons. The lowest BCUT2D eigenvalue weighted by molar-refractivity contribution is 0.231. The zero-order chi connectivity index (χ0) is 11.5. The quantitative estimate of drug-likeness (QED) is 0.734. The summed E-state index contributed by atoms with van der Waals surface area (Å²) in [6, 6.07) is 1.78. The van der Waals surface area contributed by atoms with Crippen LogP contribution in [0, 0.1) is 17.2 Å². The van der Waals surface area contributed by atoms with Gasteiger partial charge in [0.05, 0.1) is 6.07 Å². The summed E-state index contributed by atoms with van der Waals surface area (Å²) in [5.41, 5.74) is 5.88. The van der Waals surface area contributed by atoms with Gasteiger partial charge >= 0.3 is 0 Å². The van der Waals surface area contributed by atoms with Crippen molar-refractivity contribution in [2.24, 2.45) is 11.7 Å². The summed E-state index contributed by atoms with van der Waals surface area (Å²) < 4.78 is 24.6. The molecule has 86 valence electrons. The fourth-order valence-corrected chi connectivity index (χ4v) is 3.02. The smallest absolute Gasteiger partial charge is 0.227 e. The molecule has 1 heterocycles. The van der Waals surface area contributed by atoms with E-state index >= 15 is 0 Å². The van der Waals surface area contributed by atoms with E-state index in [1.54, 1.807) is 6.07 Å². The molecule has 1 fully saturated rings. The molecule has 15 heavy (non-hydrogen) atoms. The first-order valence-corrected chi connectivity index (χ1v) is 6.72. The predicted molar refractivity (Wildman–Crippen MR) is 57.3 cm³/mol. The lowest BCUT2D eigenvalue weighted by Gasteiger charge is -2.35. The van der Waals surface area contributed by atoms with E-state index in [-0.39, 0.29) is 12.0 Å². The summed E-state index contributed by atoms with van der Waals surface area (Å²) in [5.74, 6) is -0.217. The first kappa shape index (κ1) is 12.4. The zero-order valence-electron chi connectivity index (χ0n) is 8.89. The van der Waals surface area contributed by atoms with Gasteiger partial charge in [-0.2, -0.15) is 5.26 Å². The molecule has 1 saturated heterocycles. The van der Waals surface area contributed by atoms with Crippen molar-refractivity contribution in [3.63, 3.8) is 0 Å². The normalized spacial score (nSPS) is 28.6. The molecule has 1 aliphatic heterocycles. The van der Waals surface area contributed by atoms with Crippen LogP contribution >= 0.6 is 0 Å². The molecule has 0 saturated carbocycles. The third kappa shape index (κ3) is 2.91. The highest BCUT2D eigenvalue weighted by Gasteiger charge is 2.31. The summed E-state index contributed by atoms with van der Waals surface area (Å²) >= 11 is 0. The molecule has 0 bridgehead atoms. The number of nitrogens with zero attached hydrogens (tertiary/aromatic N) is 2. The van der Waals surface area contributed by atoms with Gasteiger partial charge in [0.1, 0.15) is 0 Å². The van der Waals surface area contributed by atoms with E-state index in [2.05, 4.69) is 0 Å². The van der Waals surface area contributed by atoms with Gasteiger partial charge in [-0.3, -0.25) is 0 Å². The van der Waals surface area contributed by atoms with Gasteiger partial charge in [0, 0.05) is 19.1 Å². The van der Waals surface area contributed by atoms with Crippen molar-refractivity contribution >= 4 is 10.0 Å². The summed E-state index contributed by atoms with van der Waals surface area (Å²) in [6.45, 7) is 2.91. The molecule has 0 spiro atoms. The molecule has 0 aromatic carbocycles. The maximum absolute atomic E-state index is 11.6. The molecule has 6 heteroatoms. The third-order valence-electron chi connectivity index (χ3n) is 2.92. The van der Waals surface area contributed by atoms with Gasteiger partial charge in [-0.1, -0.05) is 13.3 Å². The summed E-state index contributed by atoms with van der Waals surface area (Å²) in [7, 11) is -3.38. The number of hydrogen-bond acceptors (Lipinski definition) is 4. The Morgan fingerprint density at radius 1 is 1.60 bits per heavy atom. The van der Waals surface area contributed by atoms with Gasteiger partial charge in [-0.25, -0.2) is 12.7 Å². The molecule has 0 aromatic rings. The van der Waals surface area contributed by atoms with Crippen molar-refractivity contribution in [3.8, 4) is 6.07 Å². The van der Waals surface area contributed by atoms with Crippen molar-refractivity contribution in [2.75, 3.05) is 18.8 Å². The van der Waals surface area contributed by atoms with Crippen molar-refractivity contribution in [1.82, 2.24) is 4.31 Å². The van der Waals surface area contributed by atoms with Crippen LogP contribution in [0.25, 0.3) is 0 Å². The number of sulfonamides is 1. The lowest BCUT2D eigenvalue weighted by Crippen LogP contribution is -2.49. The minimum Gasteiger partial charge on any atom is -0.327 e. The second kappa shape index (κ2) is 4.92. The van der Waals surface area contributed by atoms with Crippen molar-refractivity contribution < 1.29 is 8.42 Å². The number of rotatable bonds is 3. The van der Waals surface area contributed by atoms with E-state index in [0.29, 0.717) is 19.5 Å². The van der Waals surface area contributed by atoms with Gasteiger partial charge in [-0.15, -0.1) is 0 Å². The Labute approximate surface area is 90.9 Å². The largest absolute Gasteiger partial charge is 0.327 e. The number of nitrogens with two attached hydrogens (primary N) is 1. The Kier molecular flexibility index (Phi) is 4.08. The topological polar surface area (TPSA) is 87.2 Å². The van der Waals surface area contributed by atoms with Gasteiger partial charge in [-0.05, 0) is 12.3 Å². The van der Waals surface area contributed by atoms with Crippen LogP contribution in [-0.4, -0.2) is 37.6 Å². The van der Waals surface area contributed by atoms with Crippen LogP contribution in [0.4, 0.5) is 0 Å². The second-order valence-electron chi connectivity index (χ2n) is 3.89. The first-order chi connectivity index (χ1) is 7.01. The van der Waals surface area contributed by atoms with E-state index < -0.39 is 15.8 Å². The van der Waals surface area contributed by atoms with E-state index in [1.807, 2.05) is 6.92 Å². The van der Waals surface area contributed by atoms with Crippen LogP contribution in [0.1, 0.15) is 19.8 Å². The van der Waals surface area contributed by atoms with E-state index in [1.165, 1.54) is 4.31 Å². The Bertz CT molecular complexity index is 347. The number of piperidine rings is 1. The molecular weight excluding hydrogens is 214 g/mol. The van der Waals surface area contributed by atoms with E-state index in [9.17, 15) is 8.42 Å². The molecule has 2 unspecified atom stereocenters. The fraction of sp³-hybridized carbons (Fsp3) is 0.889. The van der Waals surface area contributed by atoms with Crippen LogP contribution in [0.2, 0.25) is 0 Å². The molecular formula is C9H17N3O2S. The third-order valence-corrected chi connectivity index (χ3v) is 4.53. The molecule has 5 nitrogen and oxygen atoms in total. The van der Waals surface area contributed by atoms with Crippen LogP contribution in [0.5, 0.6) is 0 Å². The number of nitriles is 1. The zero-order valence-corrected chi connectivity index (χ0v) is 9.70. The van der Waals surface area contributed by atoms with Crippen LogP contribution in [0.3, 0.4) is 0 Å². The monoisotopic (exact) mass is 231 g/mol. The fourth-order valence-electron chi connectivity index (χ4n) is 1.87. The van der Waals surface area contributed by atoms with Crippen LogP contribution in [-0.2, 0) is 10.0 Å². The van der Waals surface area contributed by atoms with Crippen molar-refractivity contribution in [3.05, 3.63) is 0 Å². The molecule has 0 amide bonds. The van der Waals surface area contributed by atoms with E-state index in [4.69, 9.17) is 11.0 Å². The lowest BCUT2D eigenvalue weighted by atomic mass is 9.92. The Balaban J connectivity index is 2.71. The maximum Gasteiger partial charge on any atom is 0.227 e. The average Bonchev–Trinajstić information content (AvgIpc) is 2.18.